The van der Waals surface area contributed by atoms with Crippen LogP contribution in [0.4, 0.5) is 5.69 Å². The van der Waals surface area contributed by atoms with E-state index in [1.807, 2.05) is 0 Å². The molecule has 0 atom stereocenters. The highest BCUT2D eigenvalue weighted by atomic mass is 32.2. The van der Waals surface area contributed by atoms with Gasteiger partial charge in [-0.25, -0.2) is 8.42 Å². The van der Waals surface area contributed by atoms with Gasteiger partial charge in [-0.15, -0.1) is 0 Å². The van der Waals surface area contributed by atoms with Crippen LogP contribution in [0.5, 0.6) is 5.75 Å². The van der Waals surface area contributed by atoms with E-state index >= 15 is 0 Å². The van der Waals surface area contributed by atoms with Gasteiger partial charge in [0.05, 0.1) is 17.7 Å². The van der Waals surface area contributed by atoms with Crippen LogP contribution in [0.3, 0.4) is 0 Å². The lowest BCUT2D eigenvalue weighted by atomic mass is 10.2. The van der Waals surface area contributed by atoms with Gasteiger partial charge in [0.1, 0.15) is 5.75 Å². The highest BCUT2D eigenvalue weighted by Gasteiger charge is 2.22. The Morgan fingerprint density at radius 1 is 1.13 bits per heavy atom. The average molecular weight is 334 g/mol. The molecule has 0 saturated heterocycles. The molecule has 122 valence electrons. The highest BCUT2D eigenvalue weighted by molar-refractivity contribution is 7.92. The number of amides is 1. The van der Waals surface area contributed by atoms with Gasteiger partial charge in [0.15, 0.2) is 0 Å². The summed E-state index contributed by atoms with van der Waals surface area (Å²) in [7, 11) is 0.761. The number of sulfonamides is 1. The number of rotatable bonds is 5. The van der Waals surface area contributed by atoms with Crippen LogP contribution in [-0.4, -0.2) is 35.5 Å². The first-order chi connectivity index (χ1) is 10.9. The molecule has 0 aromatic heterocycles. The molecular weight excluding hydrogens is 316 g/mol. The van der Waals surface area contributed by atoms with E-state index in [1.54, 1.807) is 30.3 Å². The van der Waals surface area contributed by atoms with E-state index in [2.05, 4.69) is 5.32 Å². The molecule has 0 heterocycles. The number of nitrogens with one attached hydrogen (secondary N) is 1. The van der Waals surface area contributed by atoms with Crippen LogP contribution >= 0.6 is 0 Å². The zero-order chi connectivity index (χ0) is 17.0. The molecule has 0 radical (unpaired) electrons. The van der Waals surface area contributed by atoms with E-state index in [9.17, 15) is 13.2 Å². The zero-order valence-electron chi connectivity index (χ0n) is 13.1. The summed E-state index contributed by atoms with van der Waals surface area (Å²) in [5.74, 6) is 0.301. The summed E-state index contributed by atoms with van der Waals surface area (Å²) >= 11 is 0. The van der Waals surface area contributed by atoms with Gasteiger partial charge in [-0.05, 0) is 42.5 Å². The number of ether oxygens (including phenoxy) is 1. The SMILES string of the molecule is CNC(=O)c1cccc(N(C)S(=O)(=O)c2ccc(OC)cc2)c1. The summed E-state index contributed by atoms with van der Waals surface area (Å²) in [5, 5.41) is 2.51. The molecule has 0 saturated carbocycles. The summed E-state index contributed by atoms with van der Waals surface area (Å²) < 4.78 is 31.5. The molecule has 7 heteroatoms. The molecule has 0 aliphatic rings. The number of nitrogens with zero attached hydrogens (tertiary/aromatic N) is 1. The Morgan fingerprint density at radius 2 is 1.78 bits per heavy atom. The van der Waals surface area contributed by atoms with Crippen molar-refractivity contribution in [3.05, 3.63) is 54.1 Å². The zero-order valence-corrected chi connectivity index (χ0v) is 13.9. The first-order valence-electron chi connectivity index (χ1n) is 6.85. The second-order valence-electron chi connectivity index (χ2n) is 4.78. The monoisotopic (exact) mass is 334 g/mol. The Labute approximate surface area is 135 Å². The molecule has 0 spiro atoms. The van der Waals surface area contributed by atoms with E-state index in [4.69, 9.17) is 4.74 Å². The fourth-order valence-corrected chi connectivity index (χ4v) is 3.22. The van der Waals surface area contributed by atoms with Crippen molar-refractivity contribution in [1.82, 2.24) is 5.32 Å². The standard InChI is InChI=1S/C16H18N2O4S/c1-17-16(19)12-5-4-6-13(11-12)18(2)23(20,21)15-9-7-14(22-3)8-10-15/h4-11H,1-3H3,(H,17,19). The van der Waals surface area contributed by atoms with E-state index in [-0.39, 0.29) is 10.8 Å². The Kier molecular flexibility index (Phi) is 4.90. The predicted molar refractivity (Wildman–Crippen MR) is 88.4 cm³/mol. The van der Waals surface area contributed by atoms with Crippen LogP contribution in [0, 0.1) is 0 Å². The smallest absolute Gasteiger partial charge is 0.264 e. The van der Waals surface area contributed by atoms with E-state index in [0.717, 1.165) is 4.31 Å². The molecule has 0 unspecified atom stereocenters. The summed E-state index contributed by atoms with van der Waals surface area (Å²) in [6, 6.07) is 12.5. The third-order valence-electron chi connectivity index (χ3n) is 3.42. The van der Waals surface area contributed by atoms with E-state index < -0.39 is 10.0 Å². The molecule has 1 amide bonds. The number of benzene rings is 2. The van der Waals surface area contributed by atoms with Crippen LogP contribution < -0.4 is 14.4 Å². The third-order valence-corrected chi connectivity index (χ3v) is 5.22. The maximum absolute atomic E-state index is 12.7. The van der Waals surface area contributed by atoms with Crippen molar-refractivity contribution in [2.45, 2.75) is 4.90 Å². The second-order valence-corrected chi connectivity index (χ2v) is 6.75. The number of anilines is 1. The predicted octanol–water partition coefficient (Wildman–Crippen LogP) is 1.88. The lowest BCUT2D eigenvalue weighted by molar-refractivity contribution is 0.0963. The molecular formula is C16H18N2O4S. The number of methoxy groups -OCH3 is 1. The van der Waals surface area contributed by atoms with Gasteiger partial charge in [0, 0.05) is 19.7 Å². The van der Waals surface area contributed by atoms with E-state index in [1.165, 1.54) is 39.4 Å². The van der Waals surface area contributed by atoms with Crippen molar-refractivity contribution in [3.8, 4) is 5.75 Å². The molecule has 0 aliphatic carbocycles. The first kappa shape index (κ1) is 16.8. The van der Waals surface area contributed by atoms with Crippen molar-refractivity contribution in [3.63, 3.8) is 0 Å². The minimum absolute atomic E-state index is 0.145. The molecule has 0 fully saturated rings. The van der Waals surface area contributed by atoms with Crippen LogP contribution in [-0.2, 0) is 10.0 Å². The summed E-state index contributed by atoms with van der Waals surface area (Å²) in [6.07, 6.45) is 0. The molecule has 23 heavy (non-hydrogen) atoms. The number of carbonyl (C=O) groups excluding carboxylic acids is 1. The lowest BCUT2D eigenvalue weighted by Gasteiger charge is -2.20. The van der Waals surface area contributed by atoms with E-state index in [0.29, 0.717) is 17.0 Å². The van der Waals surface area contributed by atoms with Crippen LogP contribution in [0.15, 0.2) is 53.4 Å². The van der Waals surface area contributed by atoms with Gasteiger partial charge >= 0.3 is 0 Å². The Balaban J connectivity index is 2.37. The minimum Gasteiger partial charge on any atom is -0.497 e. The largest absolute Gasteiger partial charge is 0.497 e. The van der Waals surface area contributed by atoms with Crippen molar-refractivity contribution in [2.75, 3.05) is 25.5 Å². The summed E-state index contributed by atoms with van der Waals surface area (Å²) in [5.41, 5.74) is 0.795. The van der Waals surface area contributed by atoms with Crippen LogP contribution in [0.25, 0.3) is 0 Å². The molecule has 0 bridgehead atoms. The van der Waals surface area contributed by atoms with Gasteiger partial charge in [-0.3, -0.25) is 9.10 Å². The van der Waals surface area contributed by atoms with Crippen LogP contribution in [0.1, 0.15) is 10.4 Å². The molecule has 2 aromatic carbocycles. The van der Waals surface area contributed by atoms with Gasteiger partial charge in [0.2, 0.25) is 0 Å². The molecule has 0 aliphatic heterocycles. The van der Waals surface area contributed by atoms with Crippen molar-refractivity contribution in [2.24, 2.45) is 0 Å². The van der Waals surface area contributed by atoms with Gasteiger partial charge < -0.3 is 10.1 Å². The summed E-state index contributed by atoms with van der Waals surface area (Å²) in [4.78, 5) is 11.8. The minimum atomic E-state index is -3.72. The Bertz CT molecular complexity index is 801. The quantitative estimate of drug-likeness (QED) is 0.906. The van der Waals surface area contributed by atoms with Crippen molar-refractivity contribution >= 4 is 21.6 Å². The highest BCUT2D eigenvalue weighted by Crippen LogP contribution is 2.24. The topological polar surface area (TPSA) is 75.7 Å². The van der Waals surface area contributed by atoms with Gasteiger partial charge in [0.25, 0.3) is 15.9 Å². The normalized spacial score (nSPS) is 10.9. The molecule has 2 aromatic rings. The fourth-order valence-electron chi connectivity index (χ4n) is 2.03. The maximum Gasteiger partial charge on any atom is 0.264 e. The Hall–Kier alpha value is -2.54. The van der Waals surface area contributed by atoms with Crippen LogP contribution in [0.2, 0.25) is 0 Å². The summed E-state index contributed by atoms with van der Waals surface area (Å²) in [6.45, 7) is 0. The number of hydrogen-bond acceptors (Lipinski definition) is 4. The van der Waals surface area contributed by atoms with Gasteiger partial charge in [-0.1, -0.05) is 6.07 Å². The average Bonchev–Trinajstić information content (AvgIpc) is 2.60. The Morgan fingerprint density at radius 3 is 2.35 bits per heavy atom. The molecule has 1 N–H and O–H groups in total. The van der Waals surface area contributed by atoms with Crippen molar-refractivity contribution < 1.29 is 17.9 Å². The van der Waals surface area contributed by atoms with Crippen molar-refractivity contribution in [1.29, 1.82) is 0 Å². The third kappa shape index (κ3) is 3.45. The molecule has 2 rings (SSSR count). The molecule has 6 nitrogen and oxygen atoms in total. The number of hydrogen-bond donors (Lipinski definition) is 1. The fraction of sp³-hybridized carbons (Fsp3) is 0.188. The first-order valence-corrected chi connectivity index (χ1v) is 8.29. The lowest BCUT2D eigenvalue weighted by Crippen LogP contribution is -2.27. The number of carbonyl (C=O) groups is 1. The second kappa shape index (κ2) is 6.70. The maximum atomic E-state index is 12.7. The van der Waals surface area contributed by atoms with Gasteiger partial charge in [-0.2, -0.15) is 0 Å².